The van der Waals surface area contributed by atoms with Crippen molar-refractivity contribution in [1.82, 2.24) is 4.98 Å². The van der Waals surface area contributed by atoms with E-state index in [9.17, 15) is 9.59 Å². The number of rotatable bonds is 3. The number of hydrogen-bond donors (Lipinski definition) is 1. The first-order valence-electron chi connectivity index (χ1n) is 5.12. The van der Waals surface area contributed by atoms with Gasteiger partial charge in [0.05, 0.1) is 16.5 Å². The van der Waals surface area contributed by atoms with Crippen LogP contribution in [0.25, 0.3) is 10.9 Å². The zero-order valence-electron chi connectivity index (χ0n) is 9.10. The van der Waals surface area contributed by atoms with Crippen molar-refractivity contribution in [3.63, 3.8) is 0 Å². The first-order chi connectivity index (χ1) is 8.24. The average molecular weight is 229 g/mol. The van der Waals surface area contributed by atoms with E-state index in [1.165, 1.54) is 12.1 Å². The largest absolute Gasteiger partial charge is 0.458 e. The van der Waals surface area contributed by atoms with Gasteiger partial charge in [-0.25, -0.2) is 4.79 Å². The predicted molar refractivity (Wildman–Crippen MR) is 65.0 cm³/mol. The van der Waals surface area contributed by atoms with Crippen LogP contribution in [0.5, 0.6) is 0 Å². The Morgan fingerprint density at radius 2 is 2.24 bits per heavy atom. The maximum Gasteiger partial charge on any atom is 0.339 e. The van der Waals surface area contributed by atoms with Gasteiger partial charge >= 0.3 is 5.97 Å². The van der Waals surface area contributed by atoms with Gasteiger partial charge in [0.2, 0.25) is 0 Å². The molecule has 1 heterocycles. The van der Waals surface area contributed by atoms with Crippen molar-refractivity contribution in [3.8, 4) is 0 Å². The van der Waals surface area contributed by atoms with E-state index in [1.54, 1.807) is 24.4 Å². The van der Waals surface area contributed by atoms with Gasteiger partial charge in [0.15, 0.2) is 5.43 Å². The summed E-state index contributed by atoms with van der Waals surface area (Å²) in [5, 5.41) is 0.351. The minimum atomic E-state index is -0.521. The molecule has 0 atom stereocenters. The molecule has 0 aliphatic heterocycles. The minimum Gasteiger partial charge on any atom is -0.458 e. The van der Waals surface area contributed by atoms with Gasteiger partial charge in [0.25, 0.3) is 0 Å². The molecule has 4 nitrogen and oxygen atoms in total. The molecule has 0 amide bonds. The molecule has 0 fully saturated rings. The quantitative estimate of drug-likeness (QED) is 0.645. The SMILES string of the molecule is C=CCOC(=O)c1cccc2[nH]ccc(=O)c12. The lowest BCUT2D eigenvalue weighted by Gasteiger charge is -2.04. The summed E-state index contributed by atoms with van der Waals surface area (Å²) in [4.78, 5) is 26.4. The van der Waals surface area contributed by atoms with Crippen LogP contribution in [-0.4, -0.2) is 17.6 Å². The number of esters is 1. The van der Waals surface area contributed by atoms with Gasteiger partial charge in [0.1, 0.15) is 6.61 Å². The second-order valence-electron chi connectivity index (χ2n) is 3.46. The Balaban J connectivity index is 2.58. The molecule has 1 aromatic heterocycles. The van der Waals surface area contributed by atoms with Gasteiger partial charge in [-0.2, -0.15) is 0 Å². The number of carbonyl (C=O) groups excluding carboxylic acids is 1. The fourth-order valence-corrected chi connectivity index (χ4v) is 1.61. The predicted octanol–water partition coefficient (Wildman–Crippen LogP) is 1.87. The molecule has 17 heavy (non-hydrogen) atoms. The summed E-state index contributed by atoms with van der Waals surface area (Å²) in [5.74, 6) is -0.521. The molecule has 1 N–H and O–H groups in total. The second-order valence-corrected chi connectivity index (χ2v) is 3.46. The van der Waals surface area contributed by atoms with E-state index in [0.717, 1.165) is 0 Å². The monoisotopic (exact) mass is 229 g/mol. The number of aromatic nitrogens is 1. The van der Waals surface area contributed by atoms with Crippen LogP contribution in [0.3, 0.4) is 0 Å². The first-order valence-corrected chi connectivity index (χ1v) is 5.12. The van der Waals surface area contributed by atoms with Crippen LogP contribution in [0.4, 0.5) is 0 Å². The lowest BCUT2D eigenvalue weighted by Crippen LogP contribution is -2.11. The van der Waals surface area contributed by atoms with Gasteiger partial charge in [-0.3, -0.25) is 4.79 Å². The van der Waals surface area contributed by atoms with E-state index in [-0.39, 0.29) is 17.6 Å². The third-order valence-electron chi connectivity index (χ3n) is 2.34. The average Bonchev–Trinajstić information content (AvgIpc) is 2.35. The summed E-state index contributed by atoms with van der Waals surface area (Å²) >= 11 is 0. The maximum atomic E-state index is 11.7. The molecule has 4 heteroatoms. The molecule has 0 aliphatic rings. The van der Waals surface area contributed by atoms with Gasteiger partial charge in [0, 0.05) is 12.3 Å². The number of ether oxygens (including phenoxy) is 1. The first kappa shape index (κ1) is 11.1. The fraction of sp³-hybridized carbons (Fsp3) is 0.0769. The number of benzene rings is 1. The minimum absolute atomic E-state index is 0.125. The van der Waals surface area contributed by atoms with Gasteiger partial charge in [-0.15, -0.1) is 0 Å². The Morgan fingerprint density at radius 3 is 3.00 bits per heavy atom. The number of carbonyl (C=O) groups is 1. The summed E-state index contributed by atoms with van der Waals surface area (Å²) in [6.45, 7) is 3.59. The molecular weight excluding hydrogens is 218 g/mol. The molecule has 0 bridgehead atoms. The van der Waals surface area contributed by atoms with Crippen LogP contribution in [0.15, 0.2) is 47.9 Å². The summed E-state index contributed by atoms with van der Waals surface area (Å²) < 4.78 is 4.93. The maximum absolute atomic E-state index is 11.7. The molecule has 2 rings (SSSR count). The molecule has 0 radical (unpaired) electrons. The molecule has 2 aromatic rings. The zero-order chi connectivity index (χ0) is 12.3. The van der Waals surface area contributed by atoms with Crippen LogP contribution >= 0.6 is 0 Å². The van der Waals surface area contributed by atoms with E-state index >= 15 is 0 Å². The summed E-state index contributed by atoms with van der Waals surface area (Å²) in [5.41, 5.74) is 0.682. The van der Waals surface area contributed by atoms with Crippen molar-refractivity contribution >= 4 is 16.9 Å². The number of pyridine rings is 1. The molecular formula is C13H11NO3. The highest BCUT2D eigenvalue weighted by Gasteiger charge is 2.12. The Kier molecular flexibility index (Phi) is 3.05. The standard InChI is InChI=1S/C13H11NO3/c1-2-8-17-13(16)9-4-3-5-10-12(9)11(15)6-7-14-10/h2-7H,1,8H2,(H,14,15). The molecule has 0 aliphatic carbocycles. The van der Waals surface area contributed by atoms with Crippen LogP contribution in [0.1, 0.15) is 10.4 Å². The summed E-state index contributed by atoms with van der Waals surface area (Å²) in [6, 6.07) is 6.39. The van der Waals surface area contributed by atoms with Gasteiger partial charge in [-0.1, -0.05) is 18.7 Å². The number of aromatic amines is 1. The second kappa shape index (κ2) is 4.65. The van der Waals surface area contributed by atoms with Crippen LogP contribution in [0.2, 0.25) is 0 Å². The molecule has 0 saturated carbocycles. The van der Waals surface area contributed by atoms with Crippen molar-refractivity contribution in [2.24, 2.45) is 0 Å². The topological polar surface area (TPSA) is 59.2 Å². The zero-order valence-corrected chi connectivity index (χ0v) is 9.10. The number of H-pyrrole nitrogens is 1. The highest BCUT2D eigenvalue weighted by atomic mass is 16.5. The molecule has 0 spiro atoms. The third-order valence-corrected chi connectivity index (χ3v) is 2.34. The fourth-order valence-electron chi connectivity index (χ4n) is 1.61. The van der Waals surface area contributed by atoms with Crippen molar-refractivity contribution in [3.05, 3.63) is 58.9 Å². The van der Waals surface area contributed by atoms with E-state index in [4.69, 9.17) is 4.74 Å². The Hall–Kier alpha value is -2.36. The lowest BCUT2D eigenvalue weighted by atomic mass is 10.1. The van der Waals surface area contributed by atoms with Gasteiger partial charge in [-0.05, 0) is 12.1 Å². The number of fused-ring (bicyclic) bond motifs is 1. The van der Waals surface area contributed by atoms with Crippen LogP contribution in [-0.2, 0) is 4.74 Å². The highest BCUT2D eigenvalue weighted by Crippen LogP contribution is 2.13. The Bertz CT molecular complexity index is 623. The van der Waals surface area contributed by atoms with Crippen LogP contribution < -0.4 is 5.43 Å². The smallest absolute Gasteiger partial charge is 0.339 e. The summed E-state index contributed by atoms with van der Waals surface area (Å²) in [7, 11) is 0. The normalized spacial score (nSPS) is 10.1. The third kappa shape index (κ3) is 2.10. The molecule has 0 unspecified atom stereocenters. The van der Waals surface area contributed by atoms with E-state index in [0.29, 0.717) is 10.9 Å². The molecule has 1 aromatic carbocycles. The van der Waals surface area contributed by atoms with E-state index in [1.807, 2.05) is 0 Å². The summed E-state index contributed by atoms with van der Waals surface area (Å²) in [6.07, 6.45) is 3.02. The highest BCUT2D eigenvalue weighted by molar-refractivity contribution is 6.03. The van der Waals surface area contributed by atoms with Crippen LogP contribution in [0, 0.1) is 0 Å². The van der Waals surface area contributed by atoms with Crippen molar-refractivity contribution in [1.29, 1.82) is 0 Å². The molecule has 0 saturated heterocycles. The van der Waals surface area contributed by atoms with Crippen molar-refractivity contribution in [2.45, 2.75) is 0 Å². The Morgan fingerprint density at radius 1 is 1.41 bits per heavy atom. The number of nitrogens with one attached hydrogen (secondary N) is 1. The Labute approximate surface area is 97.5 Å². The van der Waals surface area contributed by atoms with E-state index in [2.05, 4.69) is 11.6 Å². The van der Waals surface area contributed by atoms with Crippen molar-refractivity contribution in [2.75, 3.05) is 6.61 Å². The van der Waals surface area contributed by atoms with Crippen molar-refractivity contribution < 1.29 is 9.53 Å². The lowest BCUT2D eigenvalue weighted by molar-refractivity contribution is 0.0552. The molecule has 86 valence electrons. The number of hydrogen-bond acceptors (Lipinski definition) is 3. The van der Waals surface area contributed by atoms with Gasteiger partial charge < -0.3 is 9.72 Å². The van der Waals surface area contributed by atoms with E-state index < -0.39 is 5.97 Å².